The van der Waals surface area contributed by atoms with E-state index in [0.29, 0.717) is 0 Å². The standard InChI is InChI=1S/C11H12NO2/c1-14-10-4-5-11-9(7-10)3-2-6-12(11)8-13/h4-5,7H,2-3,6H2,1H3. The molecule has 0 bridgehead atoms. The van der Waals surface area contributed by atoms with Gasteiger partial charge in [-0.25, -0.2) is 0 Å². The molecule has 1 aliphatic rings. The number of nitrogens with zero attached hydrogens (tertiary/aromatic N) is 1. The van der Waals surface area contributed by atoms with Crippen LogP contribution in [0.4, 0.5) is 5.69 Å². The monoisotopic (exact) mass is 190 g/mol. The molecule has 3 heteroatoms. The van der Waals surface area contributed by atoms with E-state index in [4.69, 9.17) is 4.74 Å². The van der Waals surface area contributed by atoms with Crippen molar-refractivity contribution in [2.75, 3.05) is 18.6 Å². The van der Waals surface area contributed by atoms with Crippen molar-refractivity contribution in [3.05, 3.63) is 23.8 Å². The number of hydrogen-bond acceptors (Lipinski definition) is 2. The van der Waals surface area contributed by atoms with E-state index in [1.54, 1.807) is 12.0 Å². The molecule has 1 amide bonds. The molecule has 0 saturated heterocycles. The Hall–Kier alpha value is -1.51. The van der Waals surface area contributed by atoms with Crippen molar-refractivity contribution < 1.29 is 9.53 Å². The number of ether oxygens (including phenoxy) is 1. The highest BCUT2D eigenvalue weighted by molar-refractivity contribution is 5.78. The van der Waals surface area contributed by atoms with Crippen molar-refractivity contribution in [2.24, 2.45) is 0 Å². The van der Waals surface area contributed by atoms with Gasteiger partial charge < -0.3 is 9.64 Å². The van der Waals surface area contributed by atoms with Gasteiger partial charge in [0.15, 0.2) is 0 Å². The molecule has 0 saturated carbocycles. The topological polar surface area (TPSA) is 29.5 Å². The lowest BCUT2D eigenvalue weighted by Crippen LogP contribution is -2.27. The number of methoxy groups -OCH3 is 1. The molecule has 0 fully saturated rings. The Morgan fingerprint density at radius 1 is 1.50 bits per heavy atom. The Morgan fingerprint density at radius 3 is 3.07 bits per heavy atom. The van der Waals surface area contributed by atoms with E-state index in [9.17, 15) is 4.79 Å². The summed E-state index contributed by atoms with van der Waals surface area (Å²) in [6.45, 7) is 0.767. The average Bonchev–Trinajstić information content (AvgIpc) is 2.27. The van der Waals surface area contributed by atoms with Gasteiger partial charge in [-0.2, -0.15) is 0 Å². The Balaban J connectivity index is 2.40. The normalized spacial score (nSPS) is 14.8. The lowest BCUT2D eigenvalue weighted by atomic mass is 10.0. The van der Waals surface area contributed by atoms with E-state index in [1.807, 2.05) is 24.6 Å². The minimum Gasteiger partial charge on any atom is -0.497 e. The van der Waals surface area contributed by atoms with Crippen LogP contribution in [-0.2, 0) is 11.2 Å². The Kier molecular flexibility index (Phi) is 2.39. The summed E-state index contributed by atoms with van der Waals surface area (Å²) < 4.78 is 5.13. The molecule has 0 spiro atoms. The van der Waals surface area contributed by atoms with Gasteiger partial charge in [-0.05, 0) is 36.6 Å². The van der Waals surface area contributed by atoms with E-state index >= 15 is 0 Å². The van der Waals surface area contributed by atoms with Crippen molar-refractivity contribution in [1.82, 2.24) is 0 Å². The van der Waals surface area contributed by atoms with Gasteiger partial charge in [0.1, 0.15) is 5.75 Å². The summed E-state index contributed by atoms with van der Waals surface area (Å²) in [5, 5.41) is 0. The molecule has 1 radical (unpaired) electrons. The highest BCUT2D eigenvalue weighted by atomic mass is 16.5. The van der Waals surface area contributed by atoms with Crippen molar-refractivity contribution in [3.8, 4) is 5.75 Å². The van der Waals surface area contributed by atoms with Crippen LogP contribution in [0.25, 0.3) is 0 Å². The van der Waals surface area contributed by atoms with Crippen LogP contribution in [0.3, 0.4) is 0 Å². The van der Waals surface area contributed by atoms with Crippen molar-refractivity contribution in [2.45, 2.75) is 12.8 Å². The van der Waals surface area contributed by atoms with E-state index in [1.165, 1.54) is 5.56 Å². The summed E-state index contributed by atoms with van der Waals surface area (Å²) in [6, 6.07) is 5.77. The van der Waals surface area contributed by atoms with Crippen LogP contribution in [0.15, 0.2) is 18.2 Å². The van der Waals surface area contributed by atoms with E-state index in [-0.39, 0.29) is 0 Å². The number of anilines is 1. The maximum atomic E-state index is 10.6. The second-order valence-electron chi connectivity index (χ2n) is 3.34. The SMILES string of the molecule is COc1ccc2c(c1)CCCN2[C]=O. The van der Waals surface area contributed by atoms with Gasteiger partial charge in [0.2, 0.25) is 0 Å². The van der Waals surface area contributed by atoms with Gasteiger partial charge in [0, 0.05) is 12.2 Å². The third kappa shape index (κ3) is 1.45. The molecule has 1 heterocycles. The lowest BCUT2D eigenvalue weighted by Gasteiger charge is -2.25. The molecule has 0 aliphatic carbocycles. The third-order valence-corrected chi connectivity index (χ3v) is 2.52. The summed E-state index contributed by atoms with van der Waals surface area (Å²) in [7, 11) is 1.65. The number of aryl methyl sites for hydroxylation is 1. The summed E-state index contributed by atoms with van der Waals surface area (Å²) in [5.74, 6) is 0.844. The summed E-state index contributed by atoms with van der Waals surface area (Å²) in [4.78, 5) is 12.3. The number of fused-ring (bicyclic) bond motifs is 1. The smallest absolute Gasteiger partial charge is 0.316 e. The predicted molar refractivity (Wildman–Crippen MR) is 54.4 cm³/mol. The van der Waals surface area contributed by atoms with Crippen LogP contribution in [0.2, 0.25) is 0 Å². The second kappa shape index (κ2) is 3.70. The zero-order valence-electron chi connectivity index (χ0n) is 8.12. The predicted octanol–water partition coefficient (Wildman–Crippen LogP) is 1.51. The Bertz CT molecular complexity index is 349. The number of amides is 1. The van der Waals surface area contributed by atoms with E-state index < -0.39 is 0 Å². The highest BCUT2D eigenvalue weighted by Crippen LogP contribution is 2.29. The first-order valence-corrected chi connectivity index (χ1v) is 4.67. The number of rotatable bonds is 2. The molecule has 73 valence electrons. The third-order valence-electron chi connectivity index (χ3n) is 2.52. The fraction of sp³-hybridized carbons (Fsp3) is 0.364. The summed E-state index contributed by atoms with van der Waals surface area (Å²) in [5.41, 5.74) is 2.13. The van der Waals surface area contributed by atoms with Crippen LogP contribution in [0.5, 0.6) is 5.75 Å². The van der Waals surface area contributed by atoms with Crippen LogP contribution in [-0.4, -0.2) is 20.1 Å². The first kappa shape index (κ1) is 9.06. The maximum absolute atomic E-state index is 10.6. The molecule has 0 unspecified atom stereocenters. The Morgan fingerprint density at radius 2 is 2.36 bits per heavy atom. The zero-order valence-corrected chi connectivity index (χ0v) is 8.12. The fourth-order valence-electron chi connectivity index (χ4n) is 1.80. The molecule has 0 N–H and O–H groups in total. The molecular weight excluding hydrogens is 178 g/mol. The number of carbonyl (C=O) groups excluding carboxylic acids is 1. The van der Waals surface area contributed by atoms with Gasteiger partial charge >= 0.3 is 6.41 Å². The van der Waals surface area contributed by atoms with Crippen molar-refractivity contribution in [1.29, 1.82) is 0 Å². The quantitative estimate of drug-likeness (QED) is 0.707. The van der Waals surface area contributed by atoms with Crippen molar-refractivity contribution >= 4 is 12.1 Å². The average molecular weight is 190 g/mol. The molecule has 1 aliphatic heterocycles. The van der Waals surface area contributed by atoms with E-state index in [2.05, 4.69) is 0 Å². The zero-order chi connectivity index (χ0) is 9.97. The van der Waals surface area contributed by atoms with Crippen LogP contribution in [0, 0.1) is 0 Å². The van der Waals surface area contributed by atoms with Crippen LogP contribution >= 0.6 is 0 Å². The van der Waals surface area contributed by atoms with Crippen molar-refractivity contribution in [3.63, 3.8) is 0 Å². The molecule has 1 aromatic carbocycles. The molecule has 0 atom stereocenters. The van der Waals surface area contributed by atoms with Gasteiger partial charge in [-0.15, -0.1) is 0 Å². The molecule has 0 aromatic heterocycles. The van der Waals surface area contributed by atoms with Gasteiger partial charge in [0.25, 0.3) is 0 Å². The second-order valence-corrected chi connectivity index (χ2v) is 3.34. The number of benzene rings is 1. The maximum Gasteiger partial charge on any atom is 0.316 e. The fourth-order valence-corrected chi connectivity index (χ4v) is 1.80. The first-order valence-electron chi connectivity index (χ1n) is 4.67. The first-order chi connectivity index (χ1) is 6.85. The van der Waals surface area contributed by atoms with Gasteiger partial charge in [-0.1, -0.05) is 0 Å². The minimum atomic E-state index is 0.767. The highest BCUT2D eigenvalue weighted by Gasteiger charge is 2.16. The largest absolute Gasteiger partial charge is 0.497 e. The van der Waals surface area contributed by atoms with Gasteiger partial charge in [-0.3, -0.25) is 4.79 Å². The Labute approximate surface area is 83.3 Å². The van der Waals surface area contributed by atoms with Crippen LogP contribution in [0.1, 0.15) is 12.0 Å². The van der Waals surface area contributed by atoms with Gasteiger partial charge in [0.05, 0.1) is 7.11 Å². The molecule has 14 heavy (non-hydrogen) atoms. The summed E-state index contributed by atoms with van der Waals surface area (Å²) >= 11 is 0. The molecule has 3 nitrogen and oxygen atoms in total. The molecule has 2 rings (SSSR count). The molecule has 1 aromatic rings. The van der Waals surface area contributed by atoms with Crippen LogP contribution < -0.4 is 9.64 Å². The van der Waals surface area contributed by atoms with E-state index in [0.717, 1.165) is 30.8 Å². The lowest BCUT2D eigenvalue weighted by molar-refractivity contribution is 0.414. The minimum absolute atomic E-state index is 0.767. The summed E-state index contributed by atoms with van der Waals surface area (Å²) in [6.07, 6.45) is 3.94. The number of hydrogen-bond donors (Lipinski definition) is 0. The molecular formula is C11H12NO2.